The first-order chi connectivity index (χ1) is 7.23. The molecule has 2 saturated heterocycles. The number of halogens is 1. The highest BCUT2D eigenvalue weighted by atomic mass is 79.9. The van der Waals surface area contributed by atoms with E-state index in [2.05, 4.69) is 28.1 Å². The van der Waals surface area contributed by atoms with E-state index in [0.717, 1.165) is 19.3 Å². The van der Waals surface area contributed by atoms with Crippen LogP contribution in [0.4, 0.5) is 0 Å². The van der Waals surface area contributed by atoms with E-state index in [1.165, 1.54) is 0 Å². The molecule has 2 unspecified atom stereocenters. The van der Waals surface area contributed by atoms with Gasteiger partial charge in [-0.15, -0.1) is 0 Å². The van der Waals surface area contributed by atoms with Crippen LogP contribution in [-0.2, 0) is 19.6 Å². The van der Waals surface area contributed by atoms with Crippen LogP contribution in [0.25, 0.3) is 0 Å². The van der Waals surface area contributed by atoms with Gasteiger partial charge in [0.25, 0.3) is 0 Å². The molecule has 0 aromatic rings. The van der Waals surface area contributed by atoms with Gasteiger partial charge in [0.2, 0.25) is 0 Å². The van der Waals surface area contributed by atoms with Crippen molar-refractivity contribution in [2.24, 2.45) is 0 Å². The summed E-state index contributed by atoms with van der Waals surface area (Å²) in [7, 11) is 0. The topological polar surface area (TPSA) is 36.9 Å². The molecular formula is C10H11BrO4. The van der Waals surface area contributed by atoms with E-state index in [4.69, 9.17) is 19.6 Å². The third-order valence-electron chi connectivity index (χ3n) is 3.97. The standard InChI is InChI=1S/C10H11BrO4/c11-7-4-9-2-1-6(12-14-9)3-10(9)5-8(7)13-15-10/h1-2,6-8H,3-5H2/t6?,7-,8-,9?,10+/m1/s1. The Bertz CT molecular complexity index is 346. The molecule has 5 aliphatic rings. The van der Waals surface area contributed by atoms with Crippen molar-refractivity contribution in [3.05, 3.63) is 12.2 Å². The monoisotopic (exact) mass is 274 g/mol. The van der Waals surface area contributed by atoms with Crippen molar-refractivity contribution in [2.45, 2.75) is 47.5 Å². The lowest BCUT2D eigenvalue weighted by Gasteiger charge is -2.53. The second kappa shape index (κ2) is 2.65. The largest absolute Gasteiger partial charge is 0.231 e. The van der Waals surface area contributed by atoms with Crippen LogP contribution in [-0.4, -0.2) is 28.2 Å². The third-order valence-corrected chi connectivity index (χ3v) is 4.88. The third kappa shape index (κ3) is 0.964. The van der Waals surface area contributed by atoms with E-state index in [9.17, 15) is 0 Å². The molecule has 0 aromatic heterocycles. The van der Waals surface area contributed by atoms with Gasteiger partial charge in [0.15, 0.2) is 5.60 Å². The van der Waals surface area contributed by atoms with Crippen molar-refractivity contribution in [3.8, 4) is 0 Å². The summed E-state index contributed by atoms with van der Waals surface area (Å²) in [5.41, 5.74) is -0.775. The van der Waals surface area contributed by atoms with E-state index < -0.39 is 5.60 Å². The summed E-state index contributed by atoms with van der Waals surface area (Å²) in [5, 5.41) is 0. The van der Waals surface area contributed by atoms with Crippen LogP contribution in [0.1, 0.15) is 19.3 Å². The summed E-state index contributed by atoms with van der Waals surface area (Å²) >= 11 is 3.62. The van der Waals surface area contributed by atoms with Gasteiger partial charge >= 0.3 is 0 Å². The Hall–Kier alpha value is 0.0600. The quantitative estimate of drug-likeness (QED) is 0.382. The number of hydrogen-bond donors (Lipinski definition) is 0. The first-order valence-electron chi connectivity index (χ1n) is 5.26. The van der Waals surface area contributed by atoms with E-state index in [-0.39, 0.29) is 22.6 Å². The van der Waals surface area contributed by atoms with E-state index in [1.54, 1.807) is 0 Å². The highest BCUT2D eigenvalue weighted by Crippen LogP contribution is 2.57. The van der Waals surface area contributed by atoms with Gasteiger partial charge in [-0.3, -0.25) is 0 Å². The molecule has 0 aromatic carbocycles. The van der Waals surface area contributed by atoms with Crippen molar-refractivity contribution in [3.63, 3.8) is 0 Å². The van der Waals surface area contributed by atoms with Gasteiger partial charge in [0.1, 0.15) is 17.8 Å². The molecule has 4 bridgehead atoms. The van der Waals surface area contributed by atoms with Crippen LogP contribution < -0.4 is 0 Å². The molecule has 0 N–H and O–H groups in total. The number of fused-ring (bicyclic) bond motifs is 2. The SMILES string of the molecule is Br[C@@H]1CC23C=CC(C[C@]24C[C@H]1OO4)OO3. The van der Waals surface area contributed by atoms with Crippen molar-refractivity contribution in [2.75, 3.05) is 0 Å². The highest BCUT2D eigenvalue weighted by molar-refractivity contribution is 9.09. The Labute approximate surface area is 95.5 Å². The summed E-state index contributed by atoms with van der Waals surface area (Å²) in [6, 6.07) is 0. The Kier molecular flexibility index (Phi) is 1.61. The molecule has 3 fully saturated rings. The van der Waals surface area contributed by atoms with Crippen LogP contribution in [0, 0.1) is 0 Å². The maximum absolute atomic E-state index is 5.58. The molecule has 15 heavy (non-hydrogen) atoms. The fraction of sp³-hybridized carbons (Fsp3) is 0.800. The molecule has 5 heteroatoms. The van der Waals surface area contributed by atoms with E-state index in [1.807, 2.05) is 0 Å². The lowest BCUT2D eigenvalue weighted by Crippen LogP contribution is -2.65. The highest BCUT2D eigenvalue weighted by Gasteiger charge is 2.68. The zero-order valence-corrected chi connectivity index (χ0v) is 9.61. The average molecular weight is 275 g/mol. The van der Waals surface area contributed by atoms with Crippen molar-refractivity contribution in [1.82, 2.24) is 0 Å². The summed E-state index contributed by atoms with van der Waals surface area (Å²) in [6.45, 7) is 0. The fourth-order valence-corrected chi connectivity index (χ4v) is 3.86. The molecule has 5 atom stereocenters. The minimum atomic E-state index is -0.455. The van der Waals surface area contributed by atoms with Gasteiger partial charge in [-0.25, -0.2) is 19.6 Å². The second-order valence-electron chi connectivity index (χ2n) is 4.81. The predicted molar refractivity (Wildman–Crippen MR) is 53.1 cm³/mol. The molecule has 5 rings (SSSR count). The van der Waals surface area contributed by atoms with Crippen molar-refractivity contribution in [1.29, 1.82) is 0 Å². The first kappa shape index (κ1) is 9.13. The van der Waals surface area contributed by atoms with Gasteiger partial charge in [-0.2, -0.15) is 0 Å². The molecule has 0 amide bonds. The number of rotatable bonds is 0. The van der Waals surface area contributed by atoms with Crippen LogP contribution in [0.5, 0.6) is 0 Å². The lowest BCUT2D eigenvalue weighted by molar-refractivity contribution is -0.463. The van der Waals surface area contributed by atoms with Crippen molar-refractivity contribution >= 4 is 15.9 Å². The van der Waals surface area contributed by atoms with Gasteiger partial charge in [0, 0.05) is 24.1 Å². The fourth-order valence-electron chi connectivity index (χ4n) is 3.10. The Morgan fingerprint density at radius 2 is 2.07 bits per heavy atom. The minimum Gasteiger partial charge on any atom is -0.231 e. The van der Waals surface area contributed by atoms with Gasteiger partial charge in [-0.05, 0) is 6.08 Å². The van der Waals surface area contributed by atoms with E-state index >= 15 is 0 Å². The maximum Gasteiger partial charge on any atom is 0.155 e. The van der Waals surface area contributed by atoms with Gasteiger partial charge < -0.3 is 0 Å². The van der Waals surface area contributed by atoms with Crippen LogP contribution in [0.2, 0.25) is 0 Å². The molecule has 3 aliphatic heterocycles. The lowest BCUT2D eigenvalue weighted by atomic mass is 9.65. The summed E-state index contributed by atoms with van der Waals surface area (Å²) in [4.78, 5) is 22.0. The molecule has 2 spiro atoms. The summed E-state index contributed by atoms with van der Waals surface area (Å²) < 4.78 is 0. The smallest absolute Gasteiger partial charge is 0.155 e. The minimum absolute atomic E-state index is 0.0149. The first-order valence-corrected chi connectivity index (χ1v) is 6.17. The molecule has 0 radical (unpaired) electrons. The maximum atomic E-state index is 5.58. The molecule has 3 heterocycles. The van der Waals surface area contributed by atoms with Crippen LogP contribution in [0.15, 0.2) is 12.2 Å². The summed E-state index contributed by atoms with van der Waals surface area (Å²) in [5.74, 6) is 0. The van der Waals surface area contributed by atoms with E-state index in [0.29, 0.717) is 0 Å². The molecule has 82 valence electrons. The molecule has 4 nitrogen and oxygen atoms in total. The van der Waals surface area contributed by atoms with Crippen LogP contribution >= 0.6 is 15.9 Å². The second-order valence-corrected chi connectivity index (χ2v) is 5.98. The summed E-state index contributed by atoms with van der Waals surface area (Å²) in [6.07, 6.45) is 6.86. The number of hydrogen-bond acceptors (Lipinski definition) is 4. The van der Waals surface area contributed by atoms with Gasteiger partial charge in [-0.1, -0.05) is 22.0 Å². The molecule has 2 aliphatic carbocycles. The predicted octanol–water partition coefficient (Wildman–Crippen LogP) is 1.64. The molecule has 1 saturated carbocycles. The average Bonchev–Trinajstić information content (AvgIpc) is 2.61. The normalized spacial score (nSPS) is 60.7. The van der Waals surface area contributed by atoms with Crippen molar-refractivity contribution < 1.29 is 19.6 Å². The Morgan fingerprint density at radius 1 is 1.13 bits per heavy atom. The zero-order chi connectivity index (χ0) is 10.1. The Balaban J connectivity index is 1.85. The zero-order valence-electron chi connectivity index (χ0n) is 8.02. The Morgan fingerprint density at radius 3 is 2.87 bits per heavy atom. The number of alkyl halides is 1. The molecular weight excluding hydrogens is 264 g/mol. The van der Waals surface area contributed by atoms with Gasteiger partial charge in [0.05, 0.1) is 0 Å². The van der Waals surface area contributed by atoms with Crippen LogP contribution in [0.3, 0.4) is 0 Å².